The molecule has 0 radical (unpaired) electrons. The summed E-state index contributed by atoms with van der Waals surface area (Å²) in [5, 5.41) is 28.9. The molecule has 3 aromatic rings. The van der Waals surface area contributed by atoms with Gasteiger partial charge in [-0.2, -0.15) is 0 Å². The fourth-order valence-electron chi connectivity index (χ4n) is 10.7. The monoisotopic (exact) mass is 925 g/mol. The summed E-state index contributed by atoms with van der Waals surface area (Å²) in [6.07, 6.45) is -9.57. The topological polar surface area (TPSA) is 220 Å². The highest BCUT2D eigenvalue weighted by atomic mass is 17.2. The van der Waals surface area contributed by atoms with Crippen LogP contribution in [0.2, 0.25) is 0 Å². The first kappa shape index (κ1) is 49.1. The fourth-order valence-corrected chi connectivity index (χ4v) is 10.7. The van der Waals surface area contributed by atoms with Gasteiger partial charge in [-0.3, -0.25) is 24.0 Å². The molecule has 67 heavy (non-hydrogen) atoms. The molecule has 3 fully saturated rings. The van der Waals surface area contributed by atoms with Gasteiger partial charge >= 0.3 is 23.9 Å². The van der Waals surface area contributed by atoms with Gasteiger partial charge in [0.15, 0.2) is 17.5 Å². The van der Waals surface area contributed by atoms with Crippen LogP contribution in [-0.2, 0) is 64.0 Å². The first-order valence-electron chi connectivity index (χ1n) is 22.6. The Bertz CT molecular complexity index is 2370. The molecule has 16 heteroatoms. The molecule has 2 bridgehead atoms. The van der Waals surface area contributed by atoms with E-state index in [2.05, 4.69) is 5.32 Å². The summed E-state index contributed by atoms with van der Waals surface area (Å²) in [6.45, 7) is 9.92. The Morgan fingerprint density at radius 1 is 0.881 bits per heavy atom. The lowest BCUT2D eigenvalue weighted by Gasteiger charge is -2.67. The van der Waals surface area contributed by atoms with E-state index in [4.69, 9.17) is 33.5 Å². The van der Waals surface area contributed by atoms with Crippen molar-refractivity contribution in [3.63, 3.8) is 0 Å². The average molecular weight is 926 g/mol. The molecule has 3 unspecified atom stereocenters. The number of rotatable bonds is 15. The summed E-state index contributed by atoms with van der Waals surface area (Å²) in [7, 11) is 0. The van der Waals surface area contributed by atoms with Gasteiger partial charge in [0.2, 0.25) is 6.10 Å². The van der Waals surface area contributed by atoms with Crippen LogP contribution in [0.5, 0.6) is 0 Å². The van der Waals surface area contributed by atoms with Crippen LogP contribution in [-0.4, -0.2) is 100 Å². The predicted octanol–water partition coefficient (Wildman–Crippen LogP) is 5.38. The third kappa shape index (κ3) is 9.05. The number of nitrogens with one attached hydrogen (secondary N) is 1. The second-order valence-corrected chi connectivity index (χ2v) is 18.6. The number of fused-ring (bicyclic) bond motifs is 5. The molecule has 3 N–H and O–H groups in total. The van der Waals surface area contributed by atoms with Gasteiger partial charge in [0.1, 0.15) is 36.6 Å². The van der Waals surface area contributed by atoms with E-state index >= 15 is 9.59 Å². The number of hydrogen-bond donors (Lipinski definition) is 3. The molecule has 16 nitrogen and oxygen atoms in total. The molecule has 3 aromatic carbocycles. The number of aliphatic hydroxyl groups excluding tert-OH is 1. The number of hydrogen-bond acceptors (Lipinski definition) is 15. The van der Waals surface area contributed by atoms with Crippen LogP contribution < -0.4 is 5.32 Å². The molecule has 3 aliphatic carbocycles. The Kier molecular flexibility index (Phi) is 14.3. The van der Waals surface area contributed by atoms with Crippen molar-refractivity contribution < 1.29 is 72.4 Å². The molecule has 11 atom stereocenters. The third-order valence-electron chi connectivity index (χ3n) is 14.2. The van der Waals surface area contributed by atoms with E-state index in [1.807, 2.05) is 6.07 Å². The smallest absolute Gasteiger partial charge is 0.350 e. The molecular formula is C51H59NO15. The highest BCUT2D eigenvalue weighted by Gasteiger charge is 2.78. The predicted molar refractivity (Wildman–Crippen MR) is 237 cm³/mol. The van der Waals surface area contributed by atoms with Gasteiger partial charge < -0.3 is 39.2 Å². The number of esters is 4. The summed E-state index contributed by atoms with van der Waals surface area (Å²) >= 11 is 0. The molecule has 1 heterocycles. The van der Waals surface area contributed by atoms with Crippen molar-refractivity contribution in [3.05, 3.63) is 119 Å². The van der Waals surface area contributed by atoms with Gasteiger partial charge in [-0.25, -0.2) is 14.6 Å². The maximum atomic E-state index is 15.6. The van der Waals surface area contributed by atoms with Crippen molar-refractivity contribution in [2.45, 2.75) is 135 Å². The molecule has 358 valence electrons. The van der Waals surface area contributed by atoms with Gasteiger partial charge in [-0.1, -0.05) is 99.6 Å². The maximum Gasteiger partial charge on any atom is 0.350 e. The van der Waals surface area contributed by atoms with Crippen molar-refractivity contribution >= 4 is 35.6 Å². The van der Waals surface area contributed by atoms with Crippen LogP contribution in [0.1, 0.15) is 102 Å². The van der Waals surface area contributed by atoms with Gasteiger partial charge in [0.25, 0.3) is 5.91 Å². The number of aliphatic hydroxyl groups is 2. The number of carbonyl (C=O) groups excluding carboxylic acids is 6. The van der Waals surface area contributed by atoms with Gasteiger partial charge in [0.05, 0.1) is 24.0 Å². The first-order chi connectivity index (χ1) is 31.8. The molecule has 1 saturated heterocycles. The van der Waals surface area contributed by atoms with E-state index < -0.39 is 113 Å². The Balaban J connectivity index is 1.39. The normalized spacial score (nSPS) is 30.4. The minimum atomic E-state index is -2.30. The SMILES string of the molecule is CCCC(=O)OC(C(=O)OC1C[C@]2(O)[C@H](OOCc3ccccc3)C3[C@@]4(OC(C)=O)CO[C@H]4C[C@@H](O)[C@]3(C)C(=O)[C@@H](OC(C)=O)C(=C1C)C2(C)C)[C@H](NC(=O)c1ccccc1)c1ccccc1. The van der Waals surface area contributed by atoms with Crippen LogP contribution >= 0.6 is 0 Å². The molecule has 2 saturated carbocycles. The van der Waals surface area contributed by atoms with Crippen molar-refractivity contribution in [2.75, 3.05) is 6.61 Å². The molecule has 0 aromatic heterocycles. The minimum absolute atomic E-state index is 0.0489. The highest BCUT2D eigenvalue weighted by molar-refractivity contribution is 5.96. The highest BCUT2D eigenvalue weighted by Crippen LogP contribution is 2.64. The summed E-state index contributed by atoms with van der Waals surface area (Å²) in [6, 6.07) is 24.4. The largest absolute Gasteiger partial charge is 0.455 e. The number of Topliss-reactive ketones (excluding diaryl/α,β-unsaturated/α-hetero) is 1. The van der Waals surface area contributed by atoms with Crippen molar-refractivity contribution in [1.29, 1.82) is 0 Å². The first-order valence-corrected chi connectivity index (χ1v) is 22.6. The van der Waals surface area contributed by atoms with E-state index in [1.54, 1.807) is 113 Å². The van der Waals surface area contributed by atoms with Crippen molar-refractivity contribution in [1.82, 2.24) is 5.32 Å². The van der Waals surface area contributed by atoms with E-state index in [0.29, 0.717) is 17.5 Å². The van der Waals surface area contributed by atoms with Crippen LogP contribution in [0.3, 0.4) is 0 Å². The number of ketones is 1. The maximum absolute atomic E-state index is 15.6. The summed E-state index contributed by atoms with van der Waals surface area (Å²) in [4.78, 5) is 96.4. The lowest BCUT2D eigenvalue weighted by atomic mass is 9.44. The Labute approximate surface area is 389 Å². The van der Waals surface area contributed by atoms with Crippen LogP contribution in [0, 0.1) is 16.7 Å². The third-order valence-corrected chi connectivity index (χ3v) is 14.2. The summed E-state index contributed by atoms with van der Waals surface area (Å²) in [5.41, 5.74) is -5.98. The molecular weight excluding hydrogens is 867 g/mol. The zero-order chi connectivity index (χ0) is 48.5. The number of carbonyl (C=O) groups is 6. The van der Waals surface area contributed by atoms with Crippen molar-refractivity contribution in [3.8, 4) is 0 Å². The Hall–Kier alpha value is -5.78. The summed E-state index contributed by atoms with van der Waals surface area (Å²) in [5.74, 6) is -6.32. The lowest BCUT2D eigenvalue weighted by Crippen LogP contribution is -2.81. The van der Waals surface area contributed by atoms with E-state index in [1.165, 1.54) is 13.8 Å². The van der Waals surface area contributed by atoms with Gasteiger partial charge in [-0.05, 0) is 54.7 Å². The van der Waals surface area contributed by atoms with Gasteiger partial charge in [0, 0.05) is 44.1 Å². The number of ether oxygens (including phenoxy) is 5. The zero-order valence-electron chi connectivity index (χ0n) is 38.7. The summed E-state index contributed by atoms with van der Waals surface area (Å²) < 4.78 is 30.3. The Morgan fingerprint density at radius 2 is 1.51 bits per heavy atom. The Morgan fingerprint density at radius 3 is 2.09 bits per heavy atom. The lowest BCUT2D eigenvalue weighted by molar-refractivity contribution is -0.420. The van der Waals surface area contributed by atoms with E-state index in [-0.39, 0.29) is 42.8 Å². The fraction of sp³-hybridized carbons (Fsp3) is 0.490. The molecule has 7 rings (SSSR count). The van der Waals surface area contributed by atoms with Crippen LogP contribution in [0.25, 0.3) is 0 Å². The molecule has 0 spiro atoms. The second-order valence-electron chi connectivity index (χ2n) is 18.6. The van der Waals surface area contributed by atoms with Crippen LogP contribution in [0.15, 0.2) is 102 Å². The van der Waals surface area contributed by atoms with Crippen molar-refractivity contribution in [2.24, 2.45) is 16.7 Å². The molecule has 4 aliphatic rings. The zero-order valence-corrected chi connectivity index (χ0v) is 38.7. The van der Waals surface area contributed by atoms with Crippen LogP contribution in [0.4, 0.5) is 0 Å². The number of benzene rings is 3. The van der Waals surface area contributed by atoms with Gasteiger partial charge in [-0.15, -0.1) is 0 Å². The molecule has 1 aliphatic heterocycles. The standard InChI is InChI=1S/C51H59NO15/c1-8-18-38(56)65-42(40(33-21-14-10-15-22-33)52-46(58)34-23-16-11-17-24-34)47(59)64-35-26-51(60)45(67-62-27-32-19-12-9-13-20-32)43-49(7,36(55)25-37-50(43,28-61-37)66-31(4)54)44(57)41(63-30(3)53)39(29(35)2)48(51,5)6/h9-17,19-24,35-37,40-43,45,55,60H,8,18,25-28H2,1-7H3,(H,52,58)/t35?,36-,37+,40-,41+,42?,43?,45-,49+,50-,51+/m1/s1. The van der Waals surface area contributed by atoms with E-state index in [9.17, 15) is 29.4 Å². The quantitative estimate of drug-likeness (QED) is 0.0573. The average Bonchev–Trinajstić information content (AvgIpc) is 3.29. The van der Waals surface area contributed by atoms with E-state index in [0.717, 1.165) is 6.92 Å². The number of amides is 1. The molecule has 1 amide bonds. The minimum Gasteiger partial charge on any atom is -0.455 e. The second kappa shape index (κ2) is 19.4.